The van der Waals surface area contributed by atoms with E-state index in [0.717, 1.165) is 19.3 Å². The van der Waals surface area contributed by atoms with Gasteiger partial charge < -0.3 is 19.7 Å². The summed E-state index contributed by atoms with van der Waals surface area (Å²) in [6, 6.07) is 0. The first kappa shape index (κ1) is 19.9. The Bertz CT molecular complexity index is 327. The molecule has 0 fully saturated rings. The maximum atomic E-state index is 12.2. The number of rotatable bonds is 11. The summed E-state index contributed by atoms with van der Waals surface area (Å²) in [4.78, 5) is 23.0. The van der Waals surface area contributed by atoms with Crippen LogP contribution in [0.1, 0.15) is 45.4 Å². The van der Waals surface area contributed by atoms with Crippen LogP contribution in [0, 0.1) is 5.92 Å². The van der Waals surface area contributed by atoms with Crippen LogP contribution in [-0.4, -0.2) is 50.2 Å². The topological polar surface area (TPSA) is 95.2 Å². The molecule has 6 nitrogen and oxygen atoms in total. The Labute approximate surface area is 128 Å². The Balaban J connectivity index is 4.36. The summed E-state index contributed by atoms with van der Waals surface area (Å²) in [7, 11) is 5.51. The molecule has 0 saturated carbocycles. The van der Waals surface area contributed by atoms with E-state index in [1.807, 2.05) is 21.1 Å². The van der Waals surface area contributed by atoms with Crippen molar-refractivity contribution in [3.63, 3.8) is 0 Å². The van der Waals surface area contributed by atoms with Gasteiger partial charge >= 0.3 is 0 Å². The van der Waals surface area contributed by atoms with E-state index in [4.69, 9.17) is 5.73 Å². The highest BCUT2D eigenvalue weighted by Gasteiger charge is 2.34. The van der Waals surface area contributed by atoms with E-state index in [1.54, 1.807) is 0 Å². The van der Waals surface area contributed by atoms with E-state index in [9.17, 15) is 14.7 Å². The fourth-order valence-electron chi connectivity index (χ4n) is 2.16. The summed E-state index contributed by atoms with van der Waals surface area (Å²) >= 11 is 0. The van der Waals surface area contributed by atoms with Gasteiger partial charge in [-0.2, -0.15) is 0 Å². The number of aliphatic carboxylic acids is 1. The van der Waals surface area contributed by atoms with Crippen LogP contribution in [0.4, 0.5) is 0 Å². The summed E-state index contributed by atoms with van der Waals surface area (Å²) < 4.78 is 0.321. The predicted octanol–water partition coefficient (Wildman–Crippen LogP) is -0.180. The van der Waals surface area contributed by atoms with Crippen LogP contribution >= 0.6 is 0 Å². The molecule has 0 radical (unpaired) electrons. The Kier molecular flexibility index (Phi) is 9.21. The number of nitrogens with zero attached hydrogens (tertiary/aromatic N) is 1. The zero-order valence-corrected chi connectivity index (χ0v) is 13.9. The fourth-order valence-corrected chi connectivity index (χ4v) is 2.16. The van der Waals surface area contributed by atoms with Crippen LogP contribution in [0.25, 0.3) is 0 Å². The van der Waals surface area contributed by atoms with Crippen molar-refractivity contribution in [3.8, 4) is 0 Å². The van der Waals surface area contributed by atoms with Gasteiger partial charge in [0.1, 0.15) is 5.92 Å². The maximum absolute atomic E-state index is 12.2. The SMILES string of the molecule is CCCCCCCNC(=O)C(CC(=O)[O-])C(N)[N+](C)(C)C. The van der Waals surface area contributed by atoms with E-state index < -0.39 is 18.1 Å². The third-order valence-electron chi connectivity index (χ3n) is 3.61. The lowest BCUT2D eigenvalue weighted by Gasteiger charge is -2.35. The number of quaternary nitrogens is 1. The highest BCUT2D eigenvalue weighted by atomic mass is 16.4. The van der Waals surface area contributed by atoms with Crippen molar-refractivity contribution >= 4 is 11.9 Å². The molecule has 0 aromatic heterocycles. The van der Waals surface area contributed by atoms with Crippen molar-refractivity contribution in [3.05, 3.63) is 0 Å². The first-order valence-corrected chi connectivity index (χ1v) is 7.74. The average Bonchev–Trinajstić information content (AvgIpc) is 2.37. The second-order valence-electron chi connectivity index (χ2n) is 6.49. The molecule has 1 amide bonds. The quantitative estimate of drug-likeness (QED) is 0.314. The number of carboxylic acid groups (broad SMARTS) is 1. The van der Waals surface area contributed by atoms with Crippen molar-refractivity contribution in [2.75, 3.05) is 27.7 Å². The number of unbranched alkanes of at least 4 members (excludes halogenated alkanes) is 4. The van der Waals surface area contributed by atoms with E-state index in [1.165, 1.54) is 12.8 Å². The Hall–Kier alpha value is -1.14. The highest BCUT2D eigenvalue weighted by molar-refractivity contribution is 5.83. The lowest BCUT2D eigenvalue weighted by Crippen LogP contribution is -2.59. The van der Waals surface area contributed by atoms with Crippen molar-refractivity contribution < 1.29 is 19.2 Å². The average molecular weight is 301 g/mol. The molecule has 2 atom stereocenters. The van der Waals surface area contributed by atoms with Crippen LogP contribution in [0.2, 0.25) is 0 Å². The number of hydrogen-bond acceptors (Lipinski definition) is 4. The molecule has 6 heteroatoms. The number of nitrogens with two attached hydrogens (primary N) is 1. The summed E-state index contributed by atoms with van der Waals surface area (Å²) in [6.07, 6.45) is 4.59. The van der Waals surface area contributed by atoms with E-state index in [2.05, 4.69) is 12.2 Å². The van der Waals surface area contributed by atoms with Gasteiger partial charge in [0, 0.05) is 18.9 Å². The zero-order valence-electron chi connectivity index (χ0n) is 13.9. The first-order valence-electron chi connectivity index (χ1n) is 7.74. The van der Waals surface area contributed by atoms with Gasteiger partial charge in [0.2, 0.25) is 5.91 Å². The largest absolute Gasteiger partial charge is 0.550 e. The minimum atomic E-state index is -1.25. The second-order valence-corrected chi connectivity index (χ2v) is 6.49. The molecule has 0 aliphatic carbocycles. The molecule has 0 bridgehead atoms. The Morgan fingerprint density at radius 2 is 1.71 bits per heavy atom. The molecule has 0 rings (SSSR count). The van der Waals surface area contributed by atoms with Crippen LogP contribution < -0.4 is 16.2 Å². The molecule has 2 unspecified atom stereocenters. The summed E-state index contributed by atoms with van der Waals surface area (Å²) in [6.45, 7) is 2.72. The molecule has 0 aliphatic heterocycles. The van der Waals surface area contributed by atoms with E-state index in [0.29, 0.717) is 11.0 Å². The van der Waals surface area contributed by atoms with Gasteiger partial charge in [-0.05, 0) is 6.42 Å². The number of hydrogen-bond donors (Lipinski definition) is 2. The van der Waals surface area contributed by atoms with Crippen molar-refractivity contribution in [2.45, 2.75) is 51.6 Å². The van der Waals surface area contributed by atoms with Gasteiger partial charge in [-0.25, -0.2) is 0 Å². The minimum absolute atomic E-state index is 0.296. The normalized spacial score (nSPS) is 14.5. The van der Waals surface area contributed by atoms with Crippen molar-refractivity contribution in [1.82, 2.24) is 5.32 Å². The second kappa shape index (κ2) is 9.73. The van der Waals surface area contributed by atoms with E-state index >= 15 is 0 Å². The maximum Gasteiger partial charge on any atom is 0.231 e. The molecule has 0 aliphatic rings. The minimum Gasteiger partial charge on any atom is -0.550 e. The molecular formula is C15H31N3O3. The Morgan fingerprint density at radius 1 is 1.14 bits per heavy atom. The monoisotopic (exact) mass is 301 g/mol. The number of nitrogens with one attached hydrogen (secondary N) is 1. The van der Waals surface area contributed by atoms with Crippen molar-refractivity contribution in [2.24, 2.45) is 11.7 Å². The standard InChI is InChI=1S/C15H31N3O3/c1-5-6-7-8-9-10-17-15(21)12(11-13(19)20)14(16)18(2,3)4/h12,14H,5-11,16H2,1-4H3,(H-,17,19,20,21). The zero-order chi connectivity index (χ0) is 16.5. The Morgan fingerprint density at radius 3 is 2.19 bits per heavy atom. The molecule has 0 aromatic rings. The van der Waals surface area contributed by atoms with Gasteiger partial charge in [0.25, 0.3) is 0 Å². The van der Waals surface area contributed by atoms with E-state index in [-0.39, 0.29) is 12.3 Å². The molecule has 0 aromatic carbocycles. The smallest absolute Gasteiger partial charge is 0.231 e. The lowest BCUT2D eigenvalue weighted by atomic mass is 9.99. The molecular weight excluding hydrogens is 270 g/mol. The van der Waals surface area contributed by atoms with Crippen LogP contribution in [0.5, 0.6) is 0 Å². The van der Waals surface area contributed by atoms with Gasteiger partial charge in [-0.1, -0.05) is 32.6 Å². The van der Waals surface area contributed by atoms with Crippen LogP contribution in [0.15, 0.2) is 0 Å². The molecule has 21 heavy (non-hydrogen) atoms. The third kappa shape index (κ3) is 8.67. The summed E-state index contributed by atoms with van der Waals surface area (Å²) in [5.41, 5.74) is 6.03. The van der Waals surface area contributed by atoms with Crippen LogP contribution in [0.3, 0.4) is 0 Å². The van der Waals surface area contributed by atoms with Gasteiger partial charge in [-0.3, -0.25) is 10.5 Å². The molecule has 3 N–H and O–H groups in total. The summed E-state index contributed by atoms with van der Waals surface area (Å²) in [5, 5.41) is 13.6. The molecule has 0 spiro atoms. The van der Waals surface area contributed by atoms with Gasteiger partial charge in [0.05, 0.1) is 21.1 Å². The lowest BCUT2D eigenvalue weighted by molar-refractivity contribution is -0.898. The van der Waals surface area contributed by atoms with Gasteiger partial charge in [0.15, 0.2) is 6.17 Å². The first-order chi connectivity index (χ1) is 9.70. The van der Waals surface area contributed by atoms with Crippen molar-refractivity contribution in [1.29, 1.82) is 0 Å². The molecule has 0 saturated heterocycles. The number of amides is 1. The van der Waals surface area contributed by atoms with Gasteiger partial charge in [-0.15, -0.1) is 0 Å². The number of carbonyl (C=O) groups is 2. The van der Waals surface area contributed by atoms with Crippen LogP contribution in [-0.2, 0) is 9.59 Å². The highest BCUT2D eigenvalue weighted by Crippen LogP contribution is 2.14. The predicted molar refractivity (Wildman–Crippen MR) is 80.9 cm³/mol. The summed E-state index contributed by atoms with van der Waals surface area (Å²) in [5.74, 6) is -2.32. The molecule has 0 heterocycles. The third-order valence-corrected chi connectivity index (χ3v) is 3.61. The number of carboxylic acids is 1. The molecule has 124 valence electrons. The number of carbonyl (C=O) groups excluding carboxylic acids is 2. The fraction of sp³-hybridized carbons (Fsp3) is 0.867.